The van der Waals surface area contributed by atoms with Crippen LogP contribution in [0.1, 0.15) is 37.0 Å². The van der Waals surface area contributed by atoms with Crippen molar-refractivity contribution in [3.05, 3.63) is 53.2 Å². The normalized spacial score (nSPS) is 10.6. The first-order valence-corrected chi connectivity index (χ1v) is 8.37. The standard InChI is InChI=1S/C20H24N2O3/c1-13(2)11-17(23)19(24)22-12-16-9-6-10-21-20(16)25-18-14(3)7-5-8-15(18)4/h5-10,13H,11-12H2,1-4H3,(H,22,24). The van der Waals surface area contributed by atoms with Gasteiger partial charge < -0.3 is 10.1 Å². The summed E-state index contributed by atoms with van der Waals surface area (Å²) in [6.45, 7) is 7.94. The average Bonchev–Trinajstić information content (AvgIpc) is 2.56. The SMILES string of the molecule is Cc1cccc(C)c1Oc1ncccc1CNC(=O)C(=O)CC(C)C. The first kappa shape index (κ1) is 18.6. The van der Waals surface area contributed by atoms with Gasteiger partial charge in [-0.2, -0.15) is 0 Å². The Kier molecular flexibility index (Phi) is 6.28. The third kappa shape index (κ3) is 5.14. The molecule has 0 radical (unpaired) electrons. The van der Waals surface area contributed by atoms with Crippen LogP contribution in [-0.2, 0) is 16.1 Å². The van der Waals surface area contributed by atoms with Crippen molar-refractivity contribution in [3.8, 4) is 11.6 Å². The number of benzene rings is 1. The smallest absolute Gasteiger partial charge is 0.287 e. The van der Waals surface area contributed by atoms with E-state index >= 15 is 0 Å². The van der Waals surface area contributed by atoms with Gasteiger partial charge >= 0.3 is 0 Å². The van der Waals surface area contributed by atoms with Crippen molar-refractivity contribution in [1.29, 1.82) is 0 Å². The number of carbonyl (C=O) groups is 2. The molecule has 2 aromatic rings. The van der Waals surface area contributed by atoms with Crippen molar-refractivity contribution in [3.63, 3.8) is 0 Å². The van der Waals surface area contributed by atoms with E-state index in [4.69, 9.17) is 4.74 Å². The molecule has 0 saturated carbocycles. The van der Waals surface area contributed by atoms with Gasteiger partial charge in [0, 0.05) is 24.7 Å². The minimum Gasteiger partial charge on any atom is -0.438 e. The van der Waals surface area contributed by atoms with Crippen molar-refractivity contribution in [2.75, 3.05) is 0 Å². The molecule has 0 atom stereocenters. The molecule has 1 aromatic carbocycles. The molecular weight excluding hydrogens is 316 g/mol. The lowest BCUT2D eigenvalue weighted by atomic mass is 10.1. The molecule has 1 N–H and O–H groups in total. The van der Waals surface area contributed by atoms with Crippen molar-refractivity contribution < 1.29 is 14.3 Å². The fourth-order valence-electron chi connectivity index (χ4n) is 2.44. The Balaban J connectivity index is 2.11. The Labute approximate surface area is 148 Å². The fourth-order valence-corrected chi connectivity index (χ4v) is 2.44. The summed E-state index contributed by atoms with van der Waals surface area (Å²) in [5.74, 6) is 0.354. The highest BCUT2D eigenvalue weighted by Gasteiger charge is 2.16. The quantitative estimate of drug-likeness (QED) is 0.780. The van der Waals surface area contributed by atoms with Crippen LogP contribution in [0.2, 0.25) is 0 Å². The summed E-state index contributed by atoms with van der Waals surface area (Å²) in [5, 5.41) is 2.65. The molecule has 0 aliphatic rings. The van der Waals surface area contributed by atoms with E-state index in [2.05, 4.69) is 10.3 Å². The van der Waals surface area contributed by atoms with Crippen LogP contribution >= 0.6 is 0 Å². The maximum atomic E-state index is 11.9. The molecular formula is C20H24N2O3. The Morgan fingerprint density at radius 1 is 1.12 bits per heavy atom. The van der Waals surface area contributed by atoms with Gasteiger partial charge in [0.25, 0.3) is 5.91 Å². The minimum absolute atomic E-state index is 0.152. The zero-order valence-corrected chi connectivity index (χ0v) is 15.1. The first-order chi connectivity index (χ1) is 11.9. The van der Waals surface area contributed by atoms with Gasteiger partial charge in [-0.25, -0.2) is 4.98 Å². The number of aryl methyl sites for hydroxylation is 2. The number of amides is 1. The van der Waals surface area contributed by atoms with Gasteiger partial charge in [0.15, 0.2) is 0 Å². The van der Waals surface area contributed by atoms with Crippen LogP contribution in [0.25, 0.3) is 0 Å². The van der Waals surface area contributed by atoms with Gasteiger partial charge in [-0.1, -0.05) is 38.1 Å². The predicted molar refractivity (Wildman–Crippen MR) is 96.5 cm³/mol. The highest BCUT2D eigenvalue weighted by Crippen LogP contribution is 2.29. The van der Waals surface area contributed by atoms with E-state index in [1.54, 1.807) is 12.3 Å². The van der Waals surface area contributed by atoms with Crippen molar-refractivity contribution in [1.82, 2.24) is 10.3 Å². The topological polar surface area (TPSA) is 68.3 Å². The van der Waals surface area contributed by atoms with Gasteiger partial charge in [-0.3, -0.25) is 9.59 Å². The van der Waals surface area contributed by atoms with E-state index < -0.39 is 11.7 Å². The monoisotopic (exact) mass is 340 g/mol. The fraction of sp³-hybridized carbons (Fsp3) is 0.350. The minimum atomic E-state index is -0.574. The Morgan fingerprint density at radius 3 is 2.44 bits per heavy atom. The number of ketones is 1. The number of hydrogen-bond acceptors (Lipinski definition) is 4. The summed E-state index contributed by atoms with van der Waals surface area (Å²) in [6, 6.07) is 9.50. The van der Waals surface area contributed by atoms with Crippen LogP contribution in [0.15, 0.2) is 36.5 Å². The second kappa shape index (κ2) is 8.42. The number of carbonyl (C=O) groups excluding carboxylic acids is 2. The largest absolute Gasteiger partial charge is 0.438 e. The van der Waals surface area contributed by atoms with Gasteiger partial charge in [0.1, 0.15) is 5.75 Å². The number of nitrogens with one attached hydrogen (secondary N) is 1. The van der Waals surface area contributed by atoms with E-state index in [-0.39, 0.29) is 18.9 Å². The van der Waals surface area contributed by atoms with Gasteiger partial charge in [0.2, 0.25) is 11.7 Å². The molecule has 25 heavy (non-hydrogen) atoms. The lowest BCUT2D eigenvalue weighted by Gasteiger charge is -2.14. The molecule has 5 nitrogen and oxygen atoms in total. The maximum Gasteiger partial charge on any atom is 0.287 e. The summed E-state index contributed by atoms with van der Waals surface area (Å²) in [6.07, 6.45) is 1.88. The summed E-state index contributed by atoms with van der Waals surface area (Å²) < 4.78 is 5.98. The molecule has 0 aliphatic carbocycles. The van der Waals surface area contributed by atoms with Crippen LogP contribution < -0.4 is 10.1 Å². The molecule has 0 bridgehead atoms. The van der Waals surface area contributed by atoms with Crippen molar-refractivity contribution in [2.24, 2.45) is 5.92 Å². The van der Waals surface area contributed by atoms with Crippen LogP contribution in [-0.4, -0.2) is 16.7 Å². The van der Waals surface area contributed by atoms with Crippen LogP contribution in [0.3, 0.4) is 0 Å². The molecule has 132 valence electrons. The summed E-state index contributed by atoms with van der Waals surface area (Å²) in [4.78, 5) is 28.0. The third-order valence-corrected chi connectivity index (χ3v) is 3.74. The third-order valence-electron chi connectivity index (χ3n) is 3.74. The Hall–Kier alpha value is -2.69. The first-order valence-electron chi connectivity index (χ1n) is 8.37. The van der Waals surface area contributed by atoms with Crippen LogP contribution in [0.5, 0.6) is 11.6 Å². The van der Waals surface area contributed by atoms with E-state index in [9.17, 15) is 9.59 Å². The molecule has 5 heteroatoms. The molecule has 0 spiro atoms. The lowest BCUT2D eigenvalue weighted by Crippen LogP contribution is -2.31. The average molecular weight is 340 g/mol. The number of aromatic nitrogens is 1. The van der Waals surface area contributed by atoms with E-state index in [0.29, 0.717) is 5.88 Å². The summed E-state index contributed by atoms with van der Waals surface area (Å²) >= 11 is 0. The number of nitrogens with zero attached hydrogens (tertiary/aromatic N) is 1. The van der Waals surface area contributed by atoms with Gasteiger partial charge in [-0.05, 0) is 37.0 Å². The highest BCUT2D eigenvalue weighted by atomic mass is 16.5. The number of hydrogen-bond donors (Lipinski definition) is 1. The zero-order chi connectivity index (χ0) is 18.4. The molecule has 0 unspecified atom stereocenters. The molecule has 1 aromatic heterocycles. The maximum absolute atomic E-state index is 11.9. The van der Waals surface area contributed by atoms with E-state index in [0.717, 1.165) is 22.4 Å². The van der Waals surface area contributed by atoms with Crippen molar-refractivity contribution in [2.45, 2.75) is 40.7 Å². The second-order valence-electron chi connectivity index (χ2n) is 6.49. The highest BCUT2D eigenvalue weighted by molar-refractivity contribution is 6.36. The van der Waals surface area contributed by atoms with Gasteiger partial charge in [0.05, 0.1) is 0 Å². The zero-order valence-electron chi connectivity index (χ0n) is 15.1. The Bertz CT molecular complexity index is 749. The van der Waals surface area contributed by atoms with Crippen molar-refractivity contribution >= 4 is 11.7 Å². The lowest BCUT2D eigenvalue weighted by molar-refractivity contribution is -0.138. The molecule has 1 heterocycles. The van der Waals surface area contributed by atoms with Crippen LogP contribution in [0.4, 0.5) is 0 Å². The van der Waals surface area contributed by atoms with E-state index in [1.165, 1.54) is 0 Å². The van der Waals surface area contributed by atoms with E-state index in [1.807, 2.05) is 52.0 Å². The van der Waals surface area contributed by atoms with Crippen LogP contribution in [0, 0.1) is 19.8 Å². The number of pyridine rings is 1. The molecule has 1 amide bonds. The number of Topliss-reactive ketones (excluding diaryl/α,β-unsaturated/α-hetero) is 1. The number of rotatable bonds is 7. The van der Waals surface area contributed by atoms with Gasteiger partial charge in [-0.15, -0.1) is 0 Å². The Morgan fingerprint density at radius 2 is 1.80 bits per heavy atom. The summed E-state index contributed by atoms with van der Waals surface area (Å²) in [5.41, 5.74) is 2.73. The molecule has 0 saturated heterocycles. The number of para-hydroxylation sites is 1. The molecule has 2 rings (SSSR count). The molecule has 0 fully saturated rings. The number of ether oxygens (including phenoxy) is 1. The summed E-state index contributed by atoms with van der Waals surface area (Å²) in [7, 11) is 0. The second-order valence-corrected chi connectivity index (χ2v) is 6.49. The molecule has 0 aliphatic heterocycles. The predicted octanol–water partition coefficient (Wildman–Crippen LogP) is 3.72.